The maximum absolute atomic E-state index is 13.5. The Balaban J connectivity index is 1.64. The van der Waals surface area contributed by atoms with Crippen molar-refractivity contribution in [1.29, 1.82) is 5.41 Å². The highest BCUT2D eigenvalue weighted by atomic mass is 19.1. The number of benzene rings is 1. The number of hydrogen-bond acceptors (Lipinski definition) is 6. The normalized spacial score (nSPS) is 13.3. The number of hydrogen-bond donors (Lipinski definition) is 3. The summed E-state index contributed by atoms with van der Waals surface area (Å²) >= 11 is 0. The molecule has 1 amide bonds. The van der Waals surface area contributed by atoms with Crippen molar-refractivity contribution in [2.75, 3.05) is 6.54 Å². The average Bonchev–Trinajstić information content (AvgIpc) is 3.52. The predicted molar refractivity (Wildman–Crippen MR) is 138 cm³/mol. The van der Waals surface area contributed by atoms with Crippen LogP contribution in [0.3, 0.4) is 0 Å². The highest BCUT2D eigenvalue weighted by molar-refractivity contribution is 5.93. The third kappa shape index (κ3) is 5.34. The molecule has 1 aromatic carbocycles. The molecule has 3 N–H and O–H groups in total. The van der Waals surface area contributed by atoms with E-state index in [0.29, 0.717) is 34.2 Å². The third-order valence-corrected chi connectivity index (χ3v) is 6.61. The van der Waals surface area contributed by atoms with Crippen LogP contribution in [0.1, 0.15) is 49.4 Å². The smallest absolute Gasteiger partial charge is 0.269 e. The molecule has 3 aromatic heterocycles. The molecule has 0 radical (unpaired) electrons. The molecule has 37 heavy (non-hydrogen) atoms. The molecule has 0 saturated heterocycles. The lowest BCUT2D eigenvalue weighted by atomic mass is 9.79. The van der Waals surface area contributed by atoms with E-state index >= 15 is 0 Å². The summed E-state index contributed by atoms with van der Waals surface area (Å²) in [7, 11) is 1.65. The van der Waals surface area contributed by atoms with E-state index in [4.69, 9.17) is 5.41 Å². The van der Waals surface area contributed by atoms with Gasteiger partial charge in [0.15, 0.2) is 5.82 Å². The number of aromatic nitrogens is 5. The quantitative estimate of drug-likeness (QED) is 0.316. The predicted octanol–water partition coefficient (Wildman–Crippen LogP) is 3.76. The van der Waals surface area contributed by atoms with Gasteiger partial charge in [-0.1, -0.05) is 13.8 Å². The maximum Gasteiger partial charge on any atom is 0.269 e. The van der Waals surface area contributed by atoms with Crippen molar-refractivity contribution in [3.63, 3.8) is 0 Å². The minimum Gasteiger partial charge on any atom is -0.382 e. The van der Waals surface area contributed by atoms with Gasteiger partial charge in [0.2, 0.25) is 0 Å². The summed E-state index contributed by atoms with van der Waals surface area (Å²) in [4.78, 5) is 17.6. The van der Waals surface area contributed by atoms with Gasteiger partial charge in [0.05, 0.1) is 17.9 Å². The topological polar surface area (TPSA) is 122 Å². The first-order valence-corrected chi connectivity index (χ1v) is 11.8. The van der Waals surface area contributed by atoms with E-state index in [2.05, 4.69) is 20.5 Å². The average molecular weight is 504 g/mol. The maximum atomic E-state index is 13.5. The first kappa shape index (κ1) is 25.9. The van der Waals surface area contributed by atoms with Crippen LogP contribution >= 0.6 is 0 Å². The van der Waals surface area contributed by atoms with Gasteiger partial charge in [0.1, 0.15) is 17.1 Å². The summed E-state index contributed by atoms with van der Waals surface area (Å²) in [6, 6.07) is 12.9. The van der Waals surface area contributed by atoms with Gasteiger partial charge in [-0.3, -0.25) is 9.48 Å². The Morgan fingerprint density at radius 1 is 1.16 bits per heavy atom. The van der Waals surface area contributed by atoms with Crippen molar-refractivity contribution in [3.8, 4) is 17.1 Å². The number of carbonyl (C=O) groups is 1. The molecule has 4 rings (SSSR count). The molecule has 4 aromatic rings. The van der Waals surface area contributed by atoms with Crippen LogP contribution in [0.25, 0.3) is 17.1 Å². The number of nitrogens with zero attached hydrogens (tertiary/aromatic N) is 5. The molecule has 10 heteroatoms. The molecule has 0 bridgehead atoms. The number of pyridine rings is 1. The number of aryl methyl sites for hydroxylation is 1. The molecule has 0 aliphatic rings. The third-order valence-electron chi connectivity index (χ3n) is 6.61. The van der Waals surface area contributed by atoms with Crippen molar-refractivity contribution in [2.45, 2.75) is 38.7 Å². The molecule has 0 aliphatic heterocycles. The van der Waals surface area contributed by atoms with Crippen LogP contribution in [0.5, 0.6) is 0 Å². The van der Waals surface area contributed by atoms with Crippen LogP contribution in [0.2, 0.25) is 0 Å². The monoisotopic (exact) mass is 503 g/mol. The lowest BCUT2D eigenvalue weighted by Crippen LogP contribution is -2.40. The largest absolute Gasteiger partial charge is 0.382 e. The number of carbonyl (C=O) groups excluding carboxylic acids is 1. The van der Waals surface area contributed by atoms with E-state index in [0.717, 1.165) is 5.56 Å². The van der Waals surface area contributed by atoms with E-state index in [1.807, 2.05) is 19.9 Å². The Morgan fingerprint density at radius 3 is 2.49 bits per heavy atom. The van der Waals surface area contributed by atoms with Crippen molar-refractivity contribution < 1.29 is 14.3 Å². The van der Waals surface area contributed by atoms with Gasteiger partial charge in [0.25, 0.3) is 5.91 Å². The van der Waals surface area contributed by atoms with Crippen LogP contribution in [0.15, 0.2) is 60.9 Å². The molecule has 0 aliphatic carbocycles. The fraction of sp³-hybridized carbons (Fsp3) is 0.296. The Kier molecular flexibility index (Phi) is 6.79. The zero-order chi connectivity index (χ0) is 27.0. The molecule has 0 saturated carbocycles. The first-order valence-electron chi connectivity index (χ1n) is 11.8. The summed E-state index contributed by atoms with van der Waals surface area (Å²) in [6.45, 7) is 6.99. The van der Waals surface area contributed by atoms with Gasteiger partial charge in [-0.2, -0.15) is 10.2 Å². The molecule has 192 valence electrons. The minimum atomic E-state index is -1.55. The molecule has 0 fully saturated rings. The summed E-state index contributed by atoms with van der Waals surface area (Å²) in [5.74, 6) is -0.289. The van der Waals surface area contributed by atoms with Gasteiger partial charge in [-0.05, 0) is 61.9 Å². The van der Waals surface area contributed by atoms with Gasteiger partial charge in [-0.25, -0.2) is 14.1 Å². The number of nitrogens with one attached hydrogen (secondary N) is 2. The molecular weight excluding hydrogens is 473 g/mol. The molecule has 1 atom stereocenters. The second kappa shape index (κ2) is 9.70. The number of aliphatic hydroxyl groups is 1. The molecule has 0 spiro atoms. The minimum absolute atomic E-state index is 0.128. The summed E-state index contributed by atoms with van der Waals surface area (Å²) in [6.07, 6.45) is 3.35. The van der Waals surface area contributed by atoms with Crippen molar-refractivity contribution in [1.82, 2.24) is 29.9 Å². The van der Waals surface area contributed by atoms with E-state index in [9.17, 15) is 14.3 Å². The second-order valence-electron chi connectivity index (χ2n) is 9.80. The highest BCUT2D eigenvalue weighted by Crippen LogP contribution is 2.32. The fourth-order valence-electron chi connectivity index (χ4n) is 3.77. The van der Waals surface area contributed by atoms with Gasteiger partial charge in [-0.15, -0.1) is 0 Å². The van der Waals surface area contributed by atoms with E-state index in [1.54, 1.807) is 68.3 Å². The van der Waals surface area contributed by atoms with E-state index in [1.165, 1.54) is 16.8 Å². The highest BCUT2D eigenvalue weighted by Gasteiger charge is 2.31. The van der Waals surface area contributed by atoms with E-state index < -0.39 is 16.9 Å². The zero-order valence-corrected chi connectivity index (χ0v) is 21.5. The Hall–Kier alpha value is -4.18. The Morgan fingerprint density at radius 2 is 1.86 bits per heavy atom. The molecule has 9 nitrogen and oxygen atoms in total. The Bertz CT molecular complexity index is 1440. The summed E-state index contributed by atoms with van der Waals surface area (Å²) < 4.78 is 16.5. The Labute approximate surface area is 214 Å². The molecule has 1 unspecified atom stereocenters. The summed E-state index contributed by atoms with van der Waals surface area (Å²) in [5.41, 5.74) is 0.849. The first-order chi connectivity index (χ1) is 17.4. The van der Waals surface area contributed by atoms with Gasteiger partial charge >= 0.3 is 0 Å². The SMILES string of the molecule is CC(=N)C(C)(C)c1cc(-c2ccc(F)cc2)nc(C(C)(O)CNC(=O)c2cc(-n3cccn3)nn2C)c1. The fourth-order valence-corrected chi connectivity index (χ4v) is 3.77. The van der Waals surface area contributed by atoms with Gasteiger partial charge < -0.3 is 15.8 Å². The summed E-state index contributed by atoms with van der Waals surface area (Å²) in [5, 5.41) is 30.9. The van der Waals surface area contributed by atoms with Gasteiger partial charge in [0, 0.05) is 42.2 Å². The van der Waals surface area contributed by atoms with Crippen molar-refractivity contribution in [3.05, 3.63) is 83.7 Å². The standard InChI is InChI=1S/C27H30FN7O2/c1-17(29)26(2,3)19-13-21(18-7-9-20(28)10-8-18)32-23(14-19)27(4,37)16-30-25(36)22-15-24(33-34(22)5)35-12-6-11-31-35/h6-15,29,37H,16H2,1-5H3,(H,30,36). The zero-order valence-electron chi connectivity index (χ0n) is 21.5. The van der Waals surface area contributed by atoms with Crippen LogP contribution in [-0.4, -0.2) is 47.8 Å². The second-order valence-corrected chi connectivity index (χ2v) is 9.80. The molecule has 3 heterocycles. The van der Waals surface area contributed by atoms with Crippen molar-refractivity contribution >= 4 is 11.6 Å². The number of amides is 1. The number of halogens is 1. The van der Waals surface area contributed by atoms with Crippen LogP contribution in [-0.2, 0) is 18.1 Å². The van der Waals surface area contributed by atoms with E-state index in [-0.39, 0.29) is 12.4 Å². The van der Waals surface area contributed by atoms with Crippen LogP contribution < -0.4 is 5.32 Å². The lowest BCUT2D eigenvalue weighted by molar-refractivity contribution is 0.0487. The lowest BCUT2D eigenvalue weighted by Gasteiger charge is -2.29. The van der Waals surface area contributed by atoms with Crippen molar-refractivity contribution in [2.24, 2.45) is 7.05 Å². The van der Waals surface area contributed by atoms with Crippen LogP contribution in [0, 0.1) is 11.2 Å². The van der Waals surface area contributed by atoms with Crippen LogP contribution in [0.4, 0.5) is 4.39 Å². The number of rotatable bonds is 8. The molecular formula is C27H30FN7O2.